The summed E-state index contributed by atoms with van der Waals surface area (Å²) in [5, 5.41) is 6.14. The number of benzene rings is 2. The third kappa shape index (κ3) is 3.88. The first-order chi connectivity index (χ1) is 12.3. The van der Waals surface area contributed by atoms with Crippen molar-refractivity contribution in [1.29, 1.82) is 0 Å². The van der Waals surface area contributed by atoms with Crippen LogP contribution in [0.25, 0.3) is 5.57 Å². The van der Waals surface area contributed by atoms with E-state index in [4.69, 9.17) is 0 Å². The van der Waals surface area contributed by atoms with Gasteiger partial charge in [-0.15, -0.1) is 0 Å². The molecule has 0 saturated heterocycles. The maximum absolute atomic E-state index is 13.4. The first-order valence-electron chi connectivity index (χ1n) is 8.22. The second-order valence-corrected chi connectivity index (χ2v) is 8.52. The molecule has 138 valence electrons. The van der Waals surface area contributed by atoms with Crippen molar-refractivity contribution in [3.63, 3.8) is 0 Å². The van der Waals surface area contributed by atoms with Crippen LogP contribution in [0.2, 0.25) is 0 Å². The summed E-state index contributed by atoms with van der Waals surface area (Å²) in [6, 6.07) is 9.11. The predicted octanol–water partition coefficient (Wildman–Crippen LogP) is 3.77. The molecular weight excluding hydrogens is 358 g/mol. The van der Waals surface area contributed by atoms with Crippen LogP contribution < -0.4 is 10.6 Å². The molecule has 0 amide bonds. The van der Waals surface area contributed by atoms with Gasteiger partial charge in [-0.25, -0.2) is 17.2 Å². The van der Waals surface area contributed by atoms with Crippen molar-refractivity contribution in [1.82, 2.24) is 5.32 Å². The topological polar surface area (TPSA) is 58.2 Å². The van der Waals surface area contributed by atoms with E-state index < -0.39 is 21.5 Å². The molecule has 0 radical (unpaired) electrons. The third-order valence-corrected chi connectivity index (χ3v) is 6.02. The molecule has 3 rings (SSSR count). The van der Waals surface area contributed by atoms with E-state index in [1.807, 2.05) is 25.1 Å². The lowest BCUT2D eigenvalue weighted by atomic mass is 9.98. The quantitative estimate of drug-likeness (QED) is 0.850. The van der Waals surface area contributed by atoms with Crippen molar-refractivity contribution in [2.75, 3.05) is 23.9 Å². The lowest BCUT2D eigenvalue weighted by Crippen LogP contribution is -2.25. The number of anilines is 2. The Morgan fingerprint density at radius 2 is 1.69 bits per heavy atom. The van der Waals surface area contributed by atoms with E-state index in [0.717, 1.165) is 34.5 Å². The number of aryl methyl sites for hydroxylation is 1. The number of allylic oxidation sites excluding steroid dienone is 1. The first-order valence-corrected chi connectivity index (χ1v) is 10.0. The summed E-state index contributed by atoms with van der Waals surface area (Å²) >= 11 is 0. The van der Waals surface area contributed by atoms with Gasteiger partial charge >= 0.3 is 0 Å². The molecule has 0 aromatic heterocycles. The lowest BCUT2D eigenvalue weighted by molar-refractivity contribution is 0.509. The second kappa shape index (κ2) is 7.07. The van der Waals surface area contributed by atoms with Crippen molar-refractivity contribution < 1.29 is 17.2 Å². The second-order valence-electron chi connectivity index (χ2n) is 6.33. The molecule has 2 N–H and O–H groups in total. The number of sulfone groups is 1. The average Bonchev–Trinajstić information content (AvgIpc) is 2.59. The van der Waals surface area contributed by atoms with Gasteiger partial charge in [0.15, 0.2) is 21.5 Å². The fraction of sp³-hybridized carbons (Fsp3) is 0.263. The number of rotatable bonds is 4. The van der Waals surface area contributed by atoms with Crippen molar-refractivity contribution in [3.8, 4) is 0 Å². The highest BCUT2D eigenvalue weighted by atomic mass is 32.2. The van der Waals surface area contributed by atoms with E-state index in [9.17, 15) is 17.2 Å². The number of hydrogen-bond donors (Lipinski definition) is 2. The fourth-order valence-electron chi connectivity index (χ4n) is 3.07. The molecule has 0 bridgehead atoms. The van der Waals surface area contributed by atoms with E-state index in [0.29, 0.717) is 17.8 Å². The molecule has 1 aliphatic rings. The van der Waals surface area contributed by atoms with E-state index in [-0.39, 0.29) is 11.5 Å². The van der Waals surface area contributed by atoms with Gasteiger partial charge in [-0.2, -0.15) is 0 Å². The minimum Gasteiger partial charge on any atom is -0.391 e. The van der Waals surface area contributed by atoms with E-state index in [1.54, 1.807) is 7.05 Å². The highest BCUT2D eigenvalue weighted by Gasteiger charge is 2.25. The molecule has 0 spiro atoms. The molecule has 4 nitrogen and oxygen atoms in total. The Morgan fingerprint density at radius 3 is 2.38 bits per heavy atom. The van der Waals surface area contributed by atoms with Crippen LogP contribution in [0.15, 0.2) is 42.1 Å². The number of halogens is 2. The Labute approximate surface area is 151 Å². The molecule has 26 heavy (non-hydrogen) atoms. The van der Waals surface area contributed by atoms with Crippen LogP contribution in [0.5, 0.6) is 0 Å². The molecule has 0 saturated carbocycles. The van der Waals surface area contributed by atoms with Crippen molar-refractivity contribution in [2.45, 2.75) is 13.3 Å². The predicted molar refractivity (Wildman–Crippen MR) is 100 cm³/mol. The van der Waals surface area contributed by atoms with Crippen LogP contribution in [0, 0.1) is 18.6 Å². The van der Waals surface area contributed by atoms with Gasteiger partial charge in [0.05, 0.1) is 11.5 Å². The highest BCUT2D eigenvalue weighted by Crippen LogP contribution is 2.31. The summed E-state index contributed by atoms with van der Waals surface area (Å²) in [7, 11) is -1.35. The van der Waals surface area contributed by atoms with Crippen LogP contribution in [-0.2, 0) is 9.84 Å². The van der Waals surface area contributed by atoms with Gasteiger partial charge in [0, 0.05) is 36.6 Å². The van der Waals surface area contributed by atoms with Gasteiger partial charge in [-0.05, 0) is 47.9 Å². The zero-order valence-electron chi connectivity index (χ0n) is 14.6. The zero-order valence-corrected chi connectivity index (χ0v) is 15.4. The van der Waals surface area contributed by atoms with Crippen LogP contribution in [0.3, 0.4) is 0 Å². The Bertz CT molecular complexity index is 985. The normalized spacial score (nSPS) is 16.5. The molecule has 2 aromatic carbocycles. The summed E-state index contributed by atoms with van der Waals surface area (Å²) in [6.45, 7) is 1.91. The van der Waals surface area contributed by atoms with Crippen molar-refractivity contribution in [2.24, 2.45) is 0 Å². The average molecular weight is 378 g/mol. The minimum atomic E-state index is -3.13. The first kappa shape index (κ1) is 18.4. The standard InChI is InChI=1S/C19H20F2N2O2S/c1-12-3-4-13(23-14-5-6-17(20)18(21)10-14)9-15(12)16-11-26(24,25)8-7-19(16)22-2/h3-6,9-10,22-23H,7-8,11H2,1-2H3. The van der Waals surface area contributed by atoms with Gasteiger partial charge in [-0.3, -0.25) is 0 Å². The Hall–Kier alpha value is -2.41. The third-order valence-electron chi connectivity index (χ3n) is 4.46. The van der Waals surface area contributed by atoms with Crippen molar-refractivity contribution >= 4 is 26.8 Å². The summed E-state index contributed by atoms with van der Waals surface area (Å²) in [5.41, 5.74) is 4.52. The van der Waals surface area contributed by atoms with E-state index in [2.05, 4.69) is 10.6 Å². The van der Waals surface area contributed by atoms with Crippen LogP contribution in [-0.4, -0.2) is 27.0 Å². The van der Waals surface area contributed by atoms with Gasteiger partial charge in [0.1, 0.15) is 0 Å². The minimum absolute atomic E-state index is 0.0152. The van der Waals surface area contributed by atoms with E-state index in [1.165, 1.54) is 6.07 Å². The summed E-state index contributed by atoms with van der Waals surface area (Å²) in [4.78, 5) is 0. The zero-order chi connectivity index (χ0) is 18.9. The Balaban J connectivity index is 1.99. The van der Waals surface area contributed by atoms with Gasteiger partial charge in [-0.1, -0.05) is 6.07 Å². The fourth-order valence-corrected chi connectivity index (χ4v) is 4.50. The van der Waals surface area contributed by atoms with Crippen LogP contribution in [0.1, 0.15) is 17.5 Å². The lowest BCUT2D eigenvalue weighted by Gasteiger charge is -2.22. The molecule has 2 aromatic rings. The monoisotopic (exact) mass is 378 g/mol. The largest absolute Gasteiger partial charge is 0.391 e. The number of hydrogen-bond acceptors (Lipinski definition) is 4. The maximum Gasteiger partial charge on any atom is 0.160 e. The molecule has 0 unspecified atom stereocenters. The Morgan fingerprint density at radius 1 is 1.00 bits per heavy atom. The Kier molecular flexibility index (Phi) is 5.00. The van der Waals surface area contributed by atoms with Gasteiger partial charge < -0.3 is 10.6 Å². The molecule has 7 heteroatoms. The summed E-state index contributed by atoms with van der Waals surface area (Å²) in [5.74, 6) is -1.71. The van der Waals surface area contributed by atoms with E-state index >= 15 is 0 Å². The summed E-state index contributed by atoms with van der Waals surface area (Å²) < 4.78 is 50.7. The SMILES string of the molecule is CNC1=C(c2cc(Nc3ccc(F)c(F)c3)ccc2C)CS(=O)(=O)CC1. The molecule has 0 aliphatic carbocycles. The molecule has 0 fully saturated rings. The van der Waals surface area contributed by atoms with Gasteiger partial charge in [0.2, 0.25) is 0 Å². The smallest absolute Gasteiger partial charge is 0.160 e. The molecule has 1 aliphatic heterocycles. The molecule has 0 atom stereocenters. The number of nitrogens with one attached hydrogen (secondary N) is 2. The maximum atomic E-state index is 13.4. The van der Waals surface area contributed by atoms with Crippen LogP contribution in [0.4, 0.5) is 20.2 Å². The highest BCUT2D eigenvalue weighted by molar-refractivity contribution is 7.91. The van der Waals surface area contributed by atoms with Gasteiger partial charge in [0.25, 0.3) is 0 Å². The van der Waals surface area contributed by atoms with Crippen molar-refractivity contribution in [3.05, 3.63) is 64.9 Å². The van der Waals surface area contributed by atoms with Crippen LogP contribution >= 0.6 is 0 Å². The molecule has 1 heterocycles. The molecular formula is C19H20F2N2O2S. The summed E-state index contributed by atoms with van der Waals surface area (Å²) in [6.07, 6.45) is 0.453.